The number of pyridine rings is 1. The molecular formula is C16H23Cl2N3O2. The quantitative estimate of drug-likeness (QED) is 0.906. The Hall–Kier alpha value is -1.27. The van der Waals surface area contributed by atoms with E-state index < -0.39 is 0 Å². The molecule has 1 aliphatic rings. The van der Waals surface area contributed by atoms with Crippen LogP contribution in [0.3, 0.4) is 0 Å². The molecule has 0 spiro atoms. The minimum atomic E-state index is 0. The fourth-order valence-electron chi connectivity index (χ4n) is 2.87. The number of nitrogens with zero attached hydrogens (tertiary/aromatic N) is 3. The van der Waals surface area contributed by atoms with Crippen molar-refractivity contribution in [1.82, 2.24) is 9.88 Å². The van der Waals surface area contributed by atoms with E-state index in [4.69, 9.17) is 9.84 Å². The van der Waals surface area contributed by atoms with E-state index in [-0.39, 0.29) is 31.4 Å². The Morgan fingerprint density at radius 3 is 2.52 bits per heavy atom. The van der Waals surface area contributed by atoms with E-state index in [1.54, 1.807) is 7.11 Å². The van der Waals surface area contributed by atoms with Gasteiger partial charge in [-0.05, 0) is 24.3 Å². The van der Waals surface area contributed by atoms with Crippen LogP contribution in [0.1, 0.15) is 0 Å². The van der Waals surface area contributed by atoms with Gasteiger partial charge < -0.3 is 14.7 Å². The third-order valence-corrected chi connectivity index (χ3v) is 4.05. The van der Waals surface area contributed by atoms with Crippen LogP contribution in [0.5, 0.6) is 5.75 Å². The third kappa shape index (κ3) is 4.38. The minimum absolute atomic E-state index is 0. The number of halogens is 2. The molecule has 1 aromatic heterocycles. The molecule has 5 nitrogen and oxygen atoms in total. The average Bonchev–Trinajstić information content (AvgIpc) is 2.55. The van der Waals surface area contributed by atoms with Crippen molar-refractivity contribution in [2.24, 2.45) is 0 Å². The van der Waals surface area contributed by atoms with Crippen LogP contribution < -0.4 is 9.64 Å². The lowest BCUT2D eigenvalue weighted by Gasteiger charge is -2.36. The second-order valence-electron chi connectivity index (χ2n) is 5.27. The summed E-state index contributed by atoms with van der Waals surface area (Å²) in [5.41, 5.74) is 2.20. The number of piperazine rings is 1. The minimum Gasteiger partial charge on any atom is -0.497 e. The molecule has 1 aliphatic heterocycles. The van der Waals surface area contributed by atoms with Crippen molar-refractivity contribution < 1.29 is 9.84 Å². The van der Waals surface area contributed by atoms with Gasteiger partial charge in [-0.25, -0.2) is 0 Å². The van der Waals surface area contributed by atoms with Gasteiger partial charge in [0.05, 0.1) is 19.2 Å². The molecular weight excluding hydrogens is 337 g/mol. The van der Waals surface area contributed by atoms with Gasteiger partial charge >= 0.3 is 0 Å². The van der Waals surface area contributed by atoms with E-state index in [0.29, 0.717) is 0 Å². The highest BCUT2D eigenvalue weighted by molar-refractivity contribution is 5.92. The topological polar surface area (TPSA) is 48.8 Å². The number of β-amino-alcohol motifs (C(OH)–C–C–N with tert-alkyl or cyclic N) is 1. The number of hydrogen-bond donors (Lipinski definition) is 1. The van der Waals surface area contributed by atoms with E-state index in [9.17, 15) is 0 Å². The maximum absolute atomic E-state index is 9.02. The molecule has 1 N–H and O–H groups in total. The SMILES string of the molecule is COc1ccc2nccc(N3CCN(CCO)CC3)c2c1.Cl.Cl. The predicted molar refractivity (Wildman–Crippen MR) is 98.5 cm³/mol. The molecule has 0 aliphatic carbocycles. The highest BCUT2D eigenvalue weighted by atomic mass is 35.5. The molecule has 128 valence electrons. The molecule has 1 fully saturated rings. The number of aromatic nitrogens is 1. The van der Waals surface area contributed by atoms with Crippen LogP contribution in [0.25, 0.3) is 10.9 Å². The fourth-order valence-corrected chi connectivity index (χ4v) is 2.87. The van der Waals surface area contributed by atoms with Gasteiger partial charge in [0.15, 0.2) is 0 Å². The van der Waals surface area contributed by atoms with Crippen molar-refractivity contribution in [3.8, 4) is 5.75 Å². The van der Waals surface area contributed by atoms with Gasteiger partial charge in [0.1, 0.15) is 5.75 Å². The van der Waals surface area contributed by atoms with Crippen LogP contribution in [-0.4, -0.2) is 61.4 Å². The Labute approximate surface area is 149 Å². The molecule has 23 heavy (non-hydrogen) atoms. The highest BCUT2D eigenvalue weighted by Gasteiger charge is 2.18. The van der Waals surface area contributed by atoms with Gasteiger partial charge in [-0.15, -0.1) is 24.8 Å². The first kappa shape index (κ1) is 19.8. The molecule has 7 heteroatoms. The third-order valence-electron chi connectivity index (χ3n) is 4.05. The number of aliphatic hydroxyl groups excluding tert-OH is 1. The summed E-state index contributed by atoms with van der Waals surface area (Å²) in [6.45, 7) is 4.89. The van der Waals surface area contributed by atoms with Gasteiger partial charge in [-0.1, -0.05) is 0 Å². The number of benzene rings is 1. The molecule has 0 bridgehead atoms. The van der Waals surface area contributed by atoms with Crippen LogP contribution in [0.2, 0.25) is 0 Å². The Kier molecular flexibility index (Phi) is 7.85. The van der Waals surface area contributed by atoms with Crippen molar-refractivity contribution in [1.29, 1.82) is 0 Å². The molecule has 0 atom stereocenters. The van der Waals surface area contributed by atoms with Crippen molar-refractivity contribution in [3.63, 3.8) is 0 Å². The first-order valence-corrected chi connectivity index (χ1v) is 7.33. The summed E-state index contributed by atoms with van der Waals surface area (Å²) in [7, 11) is 1.69. The summed E-state index contributed by atoms with van der Waals surface area (Å²) in [4.78, 5) is 9.11. The Bertz CT molecular complexity index is 619. The molecule has 1 aromatic carbocycles. The van der Waals surface area contributed by atoms with E-state index in [1.165, 1.54) is 5.69 Å². The summed E-state index contributed by atoms with van der Waals surface area (Å²) in [5, 5.41) is 10.2. The van der Waals surface area contributed by atoms with Crippen LogP contribution >= 0.6 is 24.8 Å². The van der Waals surface area contributed by atoms with Gasteiger partial charge in [0.25, 0.3) is 0 Å². The van der Waals surface area contributed by atoms with Crippen molar-refractivity contribution in [2.45, 2.75) is 0 Å². The number of hydrogen-bond acceptors (Lipinski definition) is 5. The number of methoxy groups -OCH3 is 1. The largest absolute Gasteiger partial charge is 0.497 e. The summed E-state index contributed by atoms with van der Waals surface area (Å²) >= 11 is 0. The monoisotopic (exact) mass is 359 g/mol. The summed E-state index contributed by atoms with van der Waals surface area (Å²) in [5.74, 6) is 0.857. The predicted octanol–water partition coefficient (Wildman–Crippen LogP) is 2.20. The zero-order valence-corrected chi connectivity index (χ0v) is 14.8. The van der Waals surface area contributed by atoms with Crippen LogP contribution in [-0.2, 0) is 0 Å². The lowest BCUT2D eigenvalue weighted by Crippen LogP contribution is -2.47. The number of anilines is 1. The Balaban J connectivity index is 0.00000132. The van der Waals surface area contributed by atoms with Crippen molar-refractivity contribution in [2.75, 3.05) is 51.3 Å². The van der Waals surface area contributed by atoms with E-state index >= 15 is 0 Å². The van der Waals surface area contributed by atoms with E-state index in [0.717, 1.165) is 49.4 Å². The van der Waals surface area contributed by atoms with Crippen LogP contribution in [0, 0.1) is 0 Å². The molecule has 0 radical (unpaired) electrons. The summed E-state index contributed by atoms with van der Waals surface area (Å²) in [6, 6.07) is 8.07. The number of fused-ring (bicyclic) bond motifs is 1. The van der Waals surface area contributed by atoms with E-state index in [1.807, 2.05) is 18.3 Å². The van der Waals surface area contributed by atoms with Gasteiger partial charge in [-0.2, -0.15) is 0 Å². The first-order valence-electron chi connectivity index (χ1n) is 7.33. The molecule has 2 aromatic rings. The van der Waals surface area contributed by atoms with E-state index in [2.05, 4.69) is 26.9 Å². The Morgan fingerprint density at radius 2 is 1.87 bits per heavy atom. The van der Waals surface area contributed by atoms with Gasteiger partial charge in [-0.3, -0.25) is 9.88 Å². The zero-order chi connectivity index (χ0) is 14.7. The number of aliphatic hydroxyl groups is 1. The lowest BCUT2D eigenvalue weighted by molar-refractivity contribution is 0.189. The average molecular weight is 360 g/mol. The zero-order valence-electron chi connectivity index (χ0n) is 13.1. The van der Waals surface area contributed by atoms with Crippen molar-refractivity contribution >= 4 is 41.4 Å². The fraction of sp³-hybridized carbons (Fsp3) is 0.438. The summed E-state index contributed by atoms with van der Waals surface area (Å²) < 4.78 is 5.33. The summed E-state index contributed by atoms with van der Waals surface area (Å²) in [6.07, 6.45) is 1.87. The number of rotatable bonds is 4. The molecule has 1 saturated heterocycles. The van der Waals surface area contributed by atoms with Crippen molar-refractivity contribution in [3.05, 3.63) is 30.5 Å². The molecule has 3 rings (SSSR count). The van der Waals surface area contributed by atoms with Gasteiger partial charge in [0, 0.05) is 50.0 Å². The second-order valence-corrected chi connectivity index (χ2v) is 5.27. The molecule has 2 heterocycles. The normalized spacial score (nSPS) is 15.0. The van der Waals surface area contributed by atoms with Crippen LogP contribution in [0.15, 0.2) is 30.5 Å². The second kappa shape index (κ2) is 9.13. The molecule has 0 unspecified atom stereocenters. The smallest absolute Gasteiger partial charge is 0.119 e. The maximum atomic E-state index is 9.02. The van der Waals surface area contributed by atoms with Gasteiger partial charge in [0.2, 0.25) is 0 Å². The van der Waals surface area contributed by atoms with Crippen LogP contribution in [0.4, 0.5) is 5.69 Å². The first-order chi connectivity index (χ1) is 10.3. The standard InChI is InChI=1S/C16H21N3O2.2ClH/c1-21-13-2-3-15-14(12-13)16(4-5-17-15)19-8-6-18(7-9-19)10-11-20;;/h2-5,12,20H,6-11H2,1H3;2*1H. The number of ether oxygens (including phenoxy) is 1. The molecule has 0 amide bonds. The molecule has 0 saturated carbocycles. The lowest BCUT2D eigenvalue weighted by atomic mass is 10.1. The highest BCUT2D eigenvalue weighted by Crippen LogP contribution is 2.29. The Morgan fingerprint density at radius 1 is 1.13 bits per heavy atom. The maximum Gasteiger partial charge on any atom is 0.119 e.